The summed E-state index contributed by atoms with van der Waals surface area (Å²) in [5.41, 5.74) is 0. The Bertz CT molecular complexity index is 370. The van der Waals surface area contributed by atoms with Gasteiger partial charge in [0, 0.05) is 13.2 Å². The van der Waals surface area contributed by atoms with Gasteiger partial charge in [0.15, 0.2) is 0 Å². The fraction of sp³-hybridized carbons (Fsp3) is 0.769. The average molecular weight is 370 g/mol. The van der Waals surface area contributed by atoms with Gasteiger partial charge in [-0.05, 0) is 52.8 Å². The predicted octanol–water partition coefficient (Wildman–Crippen LogP) is 5.52. The van der Waals surface area contributed by atoms with E-state index < -0.39 is 8.40 Å². The van der Waals surface area contributed by atoms with Crippen LogP contribution in [0, 0.1) is 0 Å². The van der Waals surface area contributed by atoms with Gasteiger partial charge >= 0.3 is 0 Å². The summed E-state index contributed by atoms with van der Waals surface area (Å²) in [5, 5.41) is 1.60. The molecule has 1 nitrogen and oxygen atoms in total. The maximum Gasteiger partial charge on any atom is 0.0801 e. The van der Waals surface area contributed by atoms with Gasteiger partial charge in [-0.15, -0.1) is 11.3 Å². The van der Waals surface area contributed by atoms with Crippen molar-refractivity contribution in [1.29, 1.82) is 0 Å². The summed E-state index contributed by atoms with van der Waals surface area (Å²) in [6.07, 6.45) is 3.62. The lowest BCUT2D eigenvalue weighted by atomic mass is 10.1. The third-order valence-corrected chi connectivity index (χ3v) is 9.81. The summed E-state index contributed by atoms with van der Waals surface area (Å²) in [7, 11) is -0.681. The van der Waals surface area contributed by atoms with E-state index in [1.165, 1.54) is 22.7 Å². The first-order valence-corrected chi connectivity index (χ1v) is 10.4. The second-order valence-electron chi connectivity index (χ2n) is 4.53. The molecule has 0 spiro atoms. The normalized spacial score (nSPS) is 12.9. The van der Waals surface area contributed by atoms with Crippen molar-refractivity contribution >= 4 is 47.3 Å². The molecule has 0 amide bonds. The molecule has 0 N–H and O–H groups in total. The highest BCUT2D eigenvalue weighted by Gasteiger charge is 2.20. The summed E-state index contributed by atoms with van der Waals surface area (Å²) < 4.78 is 7.84. The molecule has 0 saturated carbocycles. The summed E-state index contributed by atoms with van der Waals surface area (Å²) in [6, 6.07) is 1.20. The van der Waals surface area contributed by atoms with Crippen molar-refractivity contribution in [2.75, 3.05) is 13.2 Å². The number of halogens is 2. The zero-order chi connectivity index (χ0) is 13.5. The van der Waals surface area contributed by atoms with Crippen LogP contribution in [-0.2, 0) is 10.8 Å². The second kappa shape index (κ2) is 8.85. The molecule has 1 rings (SSSR count). The minimum absolute atomic E-state index is 0.661. The Morgan fingerprint density at radius 2 is 2.17 bits per heavy atom. The van der Waals surface area contributed by atoms with Gasteiger partial charge in [0.25, 0.3) is 0 Å². The molecule has 0 bridgehead atoms. The summed E-state index contributed by atoms with van der Waals surface area (Å²) in [5.74, 6) is 0.661. The minimum atomic E-state index is -0.681. The maximum absolute atomic E-state index is 6.44. The van der Waals surface area contributed by atoms with Gasteiger partial charge in [-0.25, -0.2) is 0 Å². The van der Waals surface area contributed by atoms with E-state index in [2.05, 4.69) is 29.8 Å². The molecule has 0 aromatic carbocycles. The molecular weight excluding hydrogens is 348 g/mol. The van der Waals surface area contributed by atoms with Crippen LogP contribution in [0.2, 0.25) is 3.95 Å². The molecule has 1 atom stereocenters. The molecule has 104 valence electrons. The molecular formula is C13H22BrClOSSi. The van der Waals surface area contributed by atoms with Gasteiger partial charge in [-0.1, -0.05) is 31.9 Å². The van der Waals surface area contributed by atoms with Gasteiger partial charge < -0.3 is 4.74 Å². The maximum atomic E-state index is 6.44. The van der Waals surface area contributed by atoms with E-state index in [1.54, 1.807) is 16.5 Å². The largest absolute Gasteiger partial charge is 0.382 e. The van der Waals surface area contributed by atoms with Crippen molar-refractivity contribution in [2.24, 2.45) is 0 Å². The van der Waals surface area contributed by atoms with Crippen LogP contribution in [0.3, 0.4) is 0 Å². The molecule has 5 heteroatoms. The smallest absolute Gasteiger partial charge is 0.0801 e. The van der Waals surface area contributed by atoms with Crippen LogP contribution in [0.5, 0.6) is 0 Å². The standard InChI is InChI=1S/C13H22BrClOSSi/c1-4-7-10(3)11-12(14)17-13(15)18(11)9-6-8-16-5-2/h10H,4-9H2,1-3H3. The fourth-order valence-electron chi connectivity index (χ4n) is 2.22. The van der Waals surface area contributed by atoms with E-state index in [0.29, 0.717) is 5.92 Å². The van der Waals surface area contributed by atoms with Crippen molar-refractivity contribution in [3.8, 4) is 0 Å². The molecule has 0 radical (unpaired) electrons. The van der Waals surface area contributed by atoms with Crippen molar-refractivity contribution in [3.63, 3.8) is 0 Å². The first-order chi connectivity index (χ1) is 8.61. The quantitative estimate of drug-likeness (QED) is 0.433. The van der Waals surface area contributed by atoms with E-state index in [1.807, 2.05) is 6.92 Å². The highest BCUT2D eigenvalue weighted by atomic mass is 79.9. The Labute approximate surface area is 130 Å². The van der Waals surface area contributed by atoms with Gasteiger partial charge in [0.2, 0.25) is 0 Å². The molecule has 0 saturated heterocycles. The molecule has 1 aromatic heterocycles. The van der Waals surface area contributed by atoms with Crippen molar-refractivity contribution < 1.29 is 4.74 Å². The Hall–Kier alpha value is 0.777. The molecule has 18 heavy (non-hydrogen) atoms. The van der Waals surface area contributed by atoms with Crippen molar-refractivity contribution in [1.82, 2.24) is 0 Å². The third kappa shape index (κ3) is 4.71. The SMILES string of the molecule is CCCC(C)c1c(Br)sc(Cl)[si]1CCCOCC. The highest BCUT2D eigenvalue weighted by molar-refractivity contribution is 9.11. The lowest BCUT2D eigenvalue weighted by Crippen LogP contribution is -2.10. The van der Waals surface area contributed by atoms with Crippen LogP contribution >= 0.6 is 38.9 Å². The Balaban J connectivity index is 2.75. The van der Waals surface area contributed by atoms with Crippen LogP contribution < -0.4 is 0 Å². The van der Waals surface area contributed by atoms with Crippen molar-refractivity contribution in [2.45, 2.75) is 52.0 Å². The zero-order valence-corrected chi connectivity index (χ0v) is 15.6. The monoisotopic (exact) mass is 368 g/mol. The lowest BCUT2D eigenvalue weighted by Gasteiger charge is -2.13. The van der Waals surface area contributed by atoms with E-state index >= 15 is 0 Å². The van der Waals surface area contributed by atoms with Gasteiger partial charge in [-0.3, -0.25) is 0 Å². The molecule has 0 aliphatic heterocycles. The number of hydrogen-bond donors (Lipinski definition) is 0. The summed E-state index contributed by atoms with van der Waals surface area (Å²) in [4.78, 5) is 0. The fourth-order valence-corrected chi connectivity index (χ4v) is 9.94. The third-order valence-electron chi connectivity index (χ3n) is 3.09. The van der Waals surface area contributed by atoms with E-state index in [4.69, 9.17) is 16.3 Å². The molecule has 0 aliphatic rings. The highest BCUT2D eigenvalue weighted by Crippen LogP contribution is 2.37. The van der Waals surface area contributed by atoms with E-state index in [0.717, 1.165) is 23.6 Å². The number of ether oxygens (including phenoxy) is 1. The van der Waals surface area contributed by atoms with Crippen LogP contribution in [0.1, 0.15) is 51.1 Å². The summed E-state index contributed by atoms with van der Waals surface area (Å²) >= 11 is 11.9. The zero-order valence-electron chi connectivity index (χ0n) is 11.4. The number of hydrogen-bond acceptors (Lipinski definition) is 2. The van der Waals surface area contributed by atoms with Crippen LogP contribution in [-0.4, -0.2) is 21.6 Å². The first kappa shape index (κ1) is 16.8. The topological polar surface area (TPSA) is 9.23 Å². The molecule has 0 aliphatic carbocycles. The van der Waals surface area contributed by atoms with Gasteiger partial charge in [0.1, 0.15) is 0 Å². The Morgan fingerprint density at radius 1 is 1.44 bits per heavy atom. The van der Waals surface area contributed by atoms with Crippen molar-refractivity contribution in [3.05, 3.63) is 12.9 Å². The number of rotatable bonds is 8. The Kier molecular flexibility index (Phi) is 8.28. The van der Waals surface area contributed by atoms with Crippen LogP contribution in [0.25, 0.3) is 0 Å². The summed E-state index contributed by atoms with van der Waals surface area (Å²) in [6.45, 7) is 8.31. The predicted molar refractivity (Wildman–Crippen MR) is 87.4 cm³/mol. The molecule has 1 unspecified atom stereocenters. The molecule has 1 aromatic rings. The lowest BCUT2D eigenvalue weighted by molar-refractivity contribution is 0.146. The second-order valence-corrected chi connectivity index (χ2v) is 10.6. The van der Waals surface area contributed by atoms with Crippen LogP contribution in [0.4, 0.5) is 0 Å². The van der Waals surface area contributed by atoms with Gasteiger partial charge in [-0.2, -0.15) is 0 Å². The Morgan fingerprint density at radius 3 is 2.78 bits per heavy atom. The molecule has 0 fully saturated rings. The minimum Gasteiger partial charge on any atom is -0.382 e. The van der Waals surface area contributed by atoms with E-state index in [9.17, 15) is 0 Å². The van der Waals surface area contributed by atoms with Crippen LogP contribution in [0.15, 0.2) is 3.79 Å². The van der Waals surface area contributed by atoms with E-state index in [-0.39, 0.29) is 0 Å². The van der Waals surface area contributed by atoms with Gasteiger partial charge in [0.05, 0.1) is 16.1 Å². The molecule has 1 heterocycles. The first-order valence-electron chi connectivity index (χ1n) is 6.66. The average Bonchev–Trinajstić information content (AvgIpc) is 2.60.